The Labute approximate surface area is 236 Å². The average Bonchev–Trinajstić information content (AvgIpc) is 2.92. The summed E-state index contributed by atoms with van der Waals surface area (Å²) in [5.74, 6) is -0.0923. The summed E-state index contributed by atoms with van der Waals surface area (Å²) in [5.41, 5.74) is 1.11. The average molecular weight is 572 g/mol. The number of ether oxygens (including phenoxy) is 1. The summed E-state index contributed by atoms with van der Waals surface area (Å²) < 4.78 is 21.5. The summed E-state index contributed by atoms with van der Waals surface area (Å²) >= 11 is 6.05. The highest BCUT2D eigenvalue weighted by Crippen LogP contribution is 2.39. The molecule has 212 valence electrons. The van der Waals surface area contributed by atoms with Crippen molar-refractivity contribution in [3.8, 4) is 11.3 Å². The van der Waals surface area contributed by atoms with Gasteiger partial charge in [0.2, 0.25) is 16.9 Å². The standard InChI is InChI=1S/C26H31ClFN9O3/c1-15-11-36(12-16(2)34(15)4)22-10-19(28)18(9-21(22)32-25-23(37(38)39)24(27)30-14-31-25)20-5-6-29-26(33-20)35-7-8-40-17(3)13-35/h5-6,9-10,14-17H,7-8,11-13H2,1-4H3,(H,30,31,32)/t15-,16+,17-/m0/s1. The van der Waals surface area contributed by atoms with Crippen LogP contribution in [-0.2, 0) is 4.74 Å². The summed E-state index contributed by atoms with van der Waals surface area (Å²) in [5, 5.41) is 14.5. The third kappa shape index (κ3) is 5.62. The Bertz CT molecular complexity index is 1400. The van der Waals surface area contributed by atoms with Gasteiger partial charge < -0.3 is 19.9 Å². The SMILES string of the molecule is C[C@@H]1CN(c2cc(F)c(-c3ccnc(N4CCO[C@@H](C)C4)n3)cc2Nc2ncnc(Cl)c2[N+](=O)[O-])C[C@H](C)N1C. The lowest BCUT2D eigenvalue weighted by Crippen LogP contribution is -2.55. The maximum atomic E-state index is 15.9. The molecule has 2 saturated heterocycles. The second kappa shape index (κ2) is 11.4. The largest absolute Gasteiger partial charge is 0.375 e. The van der Waals surface area contributed by atoms with Gasteiger partial charge in [-0.05, 0) is 46.0 Å². The molecule has 2 aliphatic heterocycles. The highest BCUT2D eigenvalue weighted by Gasteiger charge is 2.30. The van der Waals surface area contributed by atoms with Crippen LogP contribution >= 0.6 is 11.6 Å². The van der Waals surface area contributed by atoms with Crippen LogP contribution in [0.25, 0.3) is 11.3 Å². The van der Waals surface area contributed by atoms with Crippen LogP contribution in [0, 0.1) is 15.9 Å². The van der Waals surface area contributed by atoms with Gasteiger partial charge in [0.1, 0.15) is 12.1 Å². The van der Waals surface area contributed by atoms with Crippen LogP contribution < -0.4 is 15.1 Å². The fraction of sp³-hybridized carbons (Fsp3) is 0.462. The Morgan fingerprint density at radius 2 is 1.88 bits per heavy atom. The van der Waals surface area contributed by atoms with E-state index in [9.17, 15) is 10.1 Å². The van der Waals surface area contributed by atoms with E-state index in [1.807, 2.05) is 11.8 Å². The number of hydrogen-bond acceptors (Lipinski definition) is 11. The maximum Gasteiger partial charge on any atom is 0.348 e. The summed E-state index contributed by atoms with van der Waals surface area (Å²) in [7, 11) is 2.06. The molecule has 14 heteroatoms. The molecule has 0 unspecified atom stereocenters. The fourth-order valence-electron chi connectivity index (χ4n) is 5.11. The van der Waals surface area contributed by atoms with Crippen LogP contribution in [0.15, 0.2) is 30.7 Å². The van der Waals surface area contributed by atoms with Gasteiger partial charge in [0.15, 0.2) is 0 Å². The third-order valence-corrected chi connectivity index (χ3v) is 7.72. The van der Waals surface area contributed by atoms with Gasteiger partial charge in [0.05, 0.1) is 34.7 Å². The first kappa shape index (κ1) is 27.9. The summed E-state index contributed by atoms with van der Waals surface area (Å²) in [6.45, 7) is 9.24. The number of nitrogens with zero attached hydrogens (tertiary/aromatic N) is 8. The van der Waals surface area contributed by atoms with Gasteiger partial charge in [-0.25, -0.2) is 24.3 Å². The van der Waals surface area contributed by atoms with E-state index in [2.05, 4.69) is 55.9 Å². The molecule has 3 atom stereocenters. The number of likely N-dealkylation sites (N-methyl/N-ethyl adjacent to an activating group) is 1. The van der Waals surface area contributed by atoms with Crippen LogP contribution in [-0.4, -0.2) is 87.8 Å². The van der Waals surface area contributed by atoms with Gasteiger partial charge in [-0.1, -0.05) is 11.6 Å². The zero-order valence-corrected chi connectivity index (χ0v) is 23.5. The molecule has 2 aromatic heterocycles. The van der Waals surface area contributed by atoms with Gasteiger partial charge >= 0.3 is 5.69 Å². The first-order valence-electron chi connectivity index (χ1n) is 13.0. The Morgan fingerprint density at radius 1 is 1.12 bits per heavy atom. The lowest BCUT2D eigenvalue weighted by atomic mass is 10.0. The van der Waals surface area contributed by atoms with Crippen LogP contribution in [0.5, 0.6) is 0 Å². The Balaban J connectivity index is 1.59. The molecular weight excluding hydrogens is 541 g/mol. The van der Waals surface area contributed by atoms with Crippen molar-refractivity contribution < 1.29 is 14.1 Å². The third-order valence-electron chi connectivity index (χ3n) is 7.44. The molecule has 0 aliphatic carbocycles. The van der Waals surface area contributed by atoms with E-state index in [-0.39, 0.29) is 34.7 Å². The highest BCUT2D eigenvalue weighted by molar-refractivity contribution is 6.31. The molecule has 0 spiro atoms. The molecule has 0 saturated carbocycles. The molecule has 1 aromatic carbocycles. The number of anilines is 4. The zero-order chi connectivity index (χ0) is 28.6. The molecule has 1 N–H and O–H groups in total. The zero-order valence-electron chi connectivity index (χ0n) is 22.7. The Hall–Kier alpha value is -3.68. The van der Waals surface area contributed by atoms with Gasteiger partial charge in [0, 0.05) is 50.0 Å². The predicted octanol–water partition coefficient (Wildman–Crippen LogP) is 4.13. The van der Waals surface area contributed by atoms with Gasteiger partial charge in [0.25, 0.3) is 0 Å². The van der Waals surface area contributed by atoms with Crippen molar-refractivity contribution in [1.29, 1.82) is 0 Å². The van der Waals surface area contributed by atoms with Crippen molar-refractivity contribution in [3.63, 3.8) is 0 Å². The Kier molecular flexibility index (Phi) is 7.97. The first-order valence-corrected chi connectivity index (χ1v) is 13.4. The monoisotopic (exact) mass is 571 g/mol. The normalized spacial score (nSPS) is 21.9. The summed E-state index contributed by atoms with van der Waals surface area (Å²) in [6.07, 6.45) is 2.76. The van der Waals surface area contributed by atoms with E-state index in [1.54, 1.807) is 18.3 Å². The molecule has 0 amide bonds. The van der Waals surface area contributed by atoms with Gasteiger partial charge in [-0.15, -0.1) is 0 Å². The lowest BCUT2D eigenvalue weighted by molar-refractivity contribution is -0.384. The predicted molar refractivity (Wildman–Crippen MR) is 151 cm³/mol. The van der Waals surface area contributed by atoms with E-state index in [0.717, 1.165) is 6.33 Å². The van der Waals surface area contributed by atoms with Crippen LogP contribution in [0.1, 0.15) is 20.8 Å². The highest BCUT2D eigenvalue weighted by atomic mass is 35.5. The maximum absolute atomic E-state index is 15.9. The number of aromatic nitrogens is 4. The number of rotatable bonds is 6. The molecule has 12 nitrogen and oxygen atoms in total. The molecule has 4 heterocycles. The van der Waals surface area contributed by atoms with Crippen molar-refractivity contribution >= 4 is 40.4 Å². The van der Waals surface area contributed by atoms with Crippen LogP contribution in [0.4, 0.5) is 33.2 Å². The Morgan fingerprint density at radius 3 is 2.58 bits per heavy atom. The smallest absolute Gasteiger partial charge is 0.348 e. The van der Waals surface area contributed by atoms with Crippen LogP contribution in [0.3, 0.4) is 0 Å². The summed E-state index contributed by atoms with van der Waals surface area (Å²) in [6, 6.07) is 5.08. The molecule has 5 rings (SSSR count). The summed E-state index contributed by atoms with van der Waals surface area (Å²) in [4.78, 5) is 34.4. The number of nitrogens with one attached hydrogen (secondary N) is 1. The fourth-order valence-corrected chi connectivity index (χ4v) is 5.31. The van der Waals surface area contributed by atoms with E-state index in [1.165, 1.54) is 6.07 Å². The van der Waals surface area contributed by atoms with Gasteiger partial charge in [-0.3, -0.25) is 15.0 Å². The second-order valence-electron chi connectivity index (χ2n) is 10.2. The number of halogens is 2. The quantitative estimate of drug-likeness (QED) is 0.261. The minimum atomic E-state index is -0.644. The lowest BCUT2D eigenvalue weighted by Gasteiger charge is -2.44. The van der Waals surface area contributed by atoms with E-state index < -0.39 is 16.4 Å². The molecule has 2 aliphatic rings. The number of nitro groups is 1. The van der Waals surface area contributed by atoms with E-state index >= 15 is 4.39 Å². The van der Waals surface area contributed by atoms with Crippen molar-refractivity contribution in [2.45, 2.75) is 39.0 Å². The number of morpholine rings is 1. The number of hydrogen-bond donors (Lipinski definition) is 1. The van der Waals surface area contributed by atoms with Crippen molar-refractivity contribution in [1.82, 2.24) is 24.8 Å². The molecule has 0 radical (unpaired) electrons. The number of piperazine rings is 1. The van der Waals surface area contributed by atoms with Crippen molar-refractivity contribution in [3.05, 3.63) is 51.8 Å². The van der Waals surface area contributed by atoms with E-state index in [4.69, 9.17) is 16.3 Å². The second-order valence-corrected chi connectivity index (χ2v) is 10.6. The minimum absolute atomic E-state index is 0.0247. The molecular formula is C26H31ClFN9O3. The van der Waals surface area contributed by atoms with Crippen molar-refractivity contribution in [2.75, 3.05) is 55.0 Å². The van der Waals surface area contributed by atoms with Crippen LogP contribution in [0.2, 0.25) is 5.15 Å². The first-order chi connectivity index (χ1) is 19.1. The topological polar surface area (TPSA) is 126 Å². The molecule has 40 heavy (non-hydrogen) atoms. The number of benzene rings is 1. The van der Waals surface area contributed by atoms with E-state index in [0.29, 0.717) is 55.8 Å². The molecule has 0 bridgehead atoms. The van der Waals surface area contributed by atoms with Gasteiger partial charge in [-0.2, -0.15) is 0 Å². The molecule has 3 aromatic rings. The molecule has 2 fully saturated rings. The van der Waals surface area contributed by atoms with Crippen molar-refractivity contribution in [2.24, 2.45) is 0 Å². The minimum Gasteiger partial charge on any atom is -0.375 e.